The Morgan fingerprint density at radius 1 is 1.33 bits per heavy atom. The lowest BCUT2D eigenvalue weighted by Crippen LogP contribution is -3.00. The number of nitrogens with zero attached hydrogens (tertiary/aromatic N) is 1. The highest BCUT2D eigenvalue weighted by Crippen LogP contribution is 1.98. The molecule has 0 saturated heterocycles. The first-order valence-electron chi connectivity index (χ1n) is 3.20. The first kappa shape index (κ1) is 14.0. The molecule has 0 fully saturated rings. The molecule has 5 heteroatoms. The maximum atomic E-state index is 10.7. The third kappa shape index (κ3) is 7.53. The summed E-state index contributed by atoms with van der Waals surface area (Å²) in [5, 5.41) is 0. The molecule has 0 aromatic carbocycles. The Hall–Kier alpha value is -0.580. The molecule has 0 aromatic heterocycles. The van der Waals surface area contributed by atoms with E-state index in [1.165, 1.54) is 0 Å². The van der Waals surface area contributed by atoms with Gasteiger partial charge in [-0.15, -0.1) is 4.65 Å². The summed E-state index contributed by atoms with van der Waals surface area (Å²) in [6, 6.07) is 0. The van der Waals surface area contributed by atoms with E-state index in [1.54, 1.807) is 28.1 Å². The van der Waals surface area contributed by atoms with Crippen molar-refractivity contribution in [2.75, 3.05) is 21.1 Å². The molecule has 0 unspecified atom stereocenters. The first-order chi connectivity index (χ1) is 4.83. The lowest BCUT2D eigenvalue weighted by atomic mass is 10.4. The maximum Gasteiger partial charge on any atom is 0.374 e. The largest absolute Gasteiger partial charge is 1.00 e. The minimum absolute atomic E-state index is 0. The minimum atomic E-state index is -0.543. The number of hydrogen-bond donors (Lipinski definition) is 0. The van der Waals surface area contributed by atoms with E-state index in [4.69, 9.17) is 0 Å². The molecule has 0 spiro atoms. The predicted octanol–water partition coefficient (Wildman–Crippen LogP) is -2.34. The van der Waals surface area contributed by atoms with Crippen molar-refractivity contribution in [1.29, 1.82) is 0 Å². The van der Waals surface area contributed by atoms with Crippen molar-refractivity contribution in [2.45, 2.75) is 6.92 Å². The third-order valence-electron chi connectivity index (χ3n) is 0.685. The molecule has 0 radical (unpaired) electrons. The molecule has 0 aliphatic carbocycles. The van der Waals surface area contributed by atoms with Gasteiger partial charge in [0.1, 0.15) is 21.1 Å². The Morgan fingerprint density at radius 3 is 2.00 bits per heavy atom. The molecule has 0 heterocycles. The van der Waals surface area contributed by atoms with Crippen LogP contribution in [0.3, 0.4) is 0 Å². The van der Waals surface area contributed by atoms with Crippen LogP contribution in [0.4, 0.5) is 0 Å². The fourth-order valence-corrected chi connectivity index (χ4v) is 0.217. The zero-order chi connectivity index (χ0) is 9.07. The molecule has 72 valence electrons. The SMILES string of the molecule is C=C(C)C(=O)OO[N+](C)(C)C.[Cl-]. The van der Waals surface area contributed by atoms with E-state index in [2.05, 4.69) is 16.5 Å². The normalized spacial score (nSPS) is 10.0. The Kier molecular flexibility index (Phi) is 5.98. The summed E-state index contributed by atoms with van der Waals surface area (Å²) in [6.45, 7) is 4.95. The van der Waals surface area contributed by atoms with Crippen molar-refractivity contribution in [3.8, 4) is 0 Å². The van der Waals surface area contributed by atoms with Crippen molar-refractivity contribution >= 4 is 5.97 Å². The van der Waals surface area contributed by atoms with Crippen LogP contribution in [-0.2, 0) is 14.7 Å². The topological polar surface area (TPSA) is 35.5 Å². The van der Waals surface area contributed by atoms with Gasteiger partial charge in [-0.25, -0.2) is 9.68 Å². The van der Waals surface area contributed by atoms with Crippen LogP contribution in [0, 0.1) is 0 Å². The van der Waals surface area contributed by atoms with Crippen LogP contribution in [0.1, 0.15) is 6.92 Å². The number of hydroxylamine groups is 3. The van der Waals surface area contributed by atoms with Gasteiger partial charge in [0.25, 0.3) is 0 Å². The molecule has 0 N–H and O–H groups in total. The van der Waals surface area contributed by atoms with Crippen molar-refractivity contribution in [3.63, 3.8) is 0 Å². The van der Waals surface area contributed by atoms with Gasteiger partial charge in [-0.05, 0) is 6.92 Å². The van der Waals surface area contributed by atoms with Crippen LogP contribution in [-0.4, -0.2) is 31.8 Å². The highest BCUT2D eigenvalue weighted by molar-refractivity contribution is 5.86. The average molecular weight is 196 g/mol. The number of carbonyl (C=O) groups is 1. The van der Waals surface area contributed by atoms with Gasteiger partial charge in [-0.3, -0.25) is 0 Å². The summed E-state index contributed by atoms with van der Waals surface area (Å²) in [5.74, 6) is -0.543. The number of rotatable bonds is 3. The molecule has 12 heavy (non-hydrogen) atoms. The highest BCUT2D eigenvalue weighted by atomic mass is 35.5. The standard InChI is InChI=1S/C7H14NO3.ClH/c1-6(2)7(9)10-11-8(3,4)5;/h1H2,2-5H3;1H/q+1;/p-1. The van der Waals surface area contributed by atoms with Gasteiger partial charge < -0.3 is 12.4 Å². The fraction of sp³-hybridized carbons (Fsp3) is 0.571. The highest BCUT2D eigenvalue weighted by Gasteiger charge is 2.14. The van der Waals surface area contributed by atoms with Crippen LogP contribution in [0.25, 0.3) is 0 Å². The van der Waals surface area contributed by atoms with E-state index in [1.807, 2.05) is 0 Å². The molecule has 0 atom stereocenters. The van der Waals surface area contributed by atoms with E-state index in [0.29, 0.717) is 5.57 Å². The van der Waals surface area contributed by atoms with Gasteiger partial charge >= 0.3 is 5.97 Å². The third-order valence-corrected chi connectivity index (χ3v) is 0.685. The van der Waals surface area contributed by atoms with Crippen molar-refractivity contribution < 1.29 is 31.7 Å². The van der Waals surface area contributed by atoms with Crippen LogP contribution in [0.2, 0.25) is 0 Å². The molecule has 0 bridgehead atoms. The van der Waals surface area contributed by atoms with Crippen LogP contribution in [0.5, 0.6) is 0 Å². The molecular weight excluding hydrogens is 182 g/mol. The van der Waals surface area contributed by atoms with Gasteiger partial charge in [0.2, 0.25) is 0 Å². The van der Waals surface area contributed by atoms with Gasteiger partial charge in [-0.1, -0.05) is 6.58 Å². The maximum absolute atomic E-state index is 10.7. The zero-order valence-corrected chi connectivity index (χ0v) is 8.51. The van der Waals surface area contributed by atoms with Gasteiger partial charge in [0, 0.05) is 10.6 Å². The molecule has 0 aromatic rings. The second-order valence-electron chi connectivity index (χ2n) is 3.12. The fourth-order valence-electron chi connectivity index (χ4n) is 0.217. The number of quaternary nitrogens is 1. The van der Waals surface area contributed by atoms with E-state index >= 15 is 0 Å². The molecule has 4 nitrogen and oxygen atoms in total. The van der Waals surface area contributed by atoms with Crippen molar-refractivity contribution in [3.05, 3.63) is 12.2 Å². The van der Waals surface area contributed by atoms with Gasteiger partial charge in [0.05, 0.1) is 0 Å². The second kappa shape index (κ2) is 5.13. The predicted molar refractivity (Wildman–Crippen MR) is 40.0 cm³/mol. The molecule has 0 aliphatic rings. The molecule has 0 saturated carbocycles. The number of halogens is 1. The Morgan fingerprint density at radius 2 is 1.75 bits per heavy atom. The molecule has 0 rings (SSSR count). The number of carbonyl (C=O) groups excluding carboxylic acids is 1. The Balaban J connectivity index is 0. The van der Waals surface area contributed by atoms with E-state index in [0.717, 1.165) is 0 Å². The quantitative estimate of drug-likeness (QED) is 0.219. The summed E-state index contributed by atoms with van der Waals surface area (Å²) in [5.41, 5.74) is 0.318. The van der Waals surface area contributed by atoms with Crippen LogP contribution >= 0.6 is 0 Å². The molecule has 0 amide bonds. The Bertz CT molecular complexity index is 174. The van der Waals surface area contributed by atoms with Crippen molar-refractivity contribution in [1.82, 2.24) is 0 Å². The lowest BCUT2D eigenvalue weighted by Gasteiger charge is -2.17. The summed E-state index contributed by atoms with van der Waals surface area (Å²) in [4.78, 5) is 19.8. The van der Waals surface area contributed by atoms with E-state index in [9.17, 15) is 4.79 Å². The van der Waals surface area contributed by atoms with Crippen LogP contribution in [0.15, 0.2) is 12.2 Å². The van der Waals surface area contributed by atoms with Crippen LogP contribution < -0.4 is 12.4 Å². The Labute approximate surface area is 78.6 Å². The molecule has 0 aliphatic heterocycles. The summed E-state index contributed by atoms with van der Waals surface area (Å²) in [7, 11) is 5.18. The van der Waals surface area contributed by atoms with E-state index < -0.39 is 5.97 Å². The van der Waals surface area contributed by atoms with E-state index in [-0.39, 0.29) is 17.1 Å². The van der Waals surface area contributed by atoms with Crippen molar-refractivity contribution in [2.24, 2.45) is 0 Å². The number of hydrogen-bond acceptors (Lipinski definition) is 3. The van der Waals surface area contributed by atoms with Gasteiger partial charge in [-0.2, -0.15) is 0 Å². The summed E-state index contributed by atoms with van der Waals surface area (Å²) < 4.78 is 0.110. The molecular formula is C7H14ClNO3. The monoisotopic (exact) mass is 195 g/mol. The second-order valence-corrected chi connectivity index (χ2v) is 3.12. The average Bonchev–Trinajstić information content (AvgIpc) is 1.80. The first-order valence-corrected chi connectivity index (χ1v) is 3.20. The minimum Gasteiger partial charge on any atom is -1.00 e. The zero-order valence-electron chi connectivity index (χ0n) is 7.76. The lowest BCUT2D eigenvalue weighted by molar-refractivity contribution is -1.11. The summed E-state index contributed by atoms with van der Waals surface area (Å²) in [6.07, 6.45) is 0. The summed E-state index contributed by atoms with van der Waals surface area (Å²) >= 11 is 0. The van der Waals surface area contributed by atoms with Gasteiger partial charge in [0.15, 0.2) is 0 Å². The smallest absolute Gasteiger partial charge is 0.374 e.